The third kappa shape index (κ3) is 3.71. The second kappa shape index (κ2) is 7.57. The Morgan fingerprint density at radius 1 is 1.09 bits per heavy atom. The van der Waals surface area contributed by atoms with E-state index in [1.807, 2.05) is 10.6 Å². The number of hydrogen-bond acceptors (Lipinski definition) is 5. The molecule has 2 aromatic heterocycles. The van der Waals surface area contributed by atoms with Crippen LogP contribution in [0.4, 0.5) is 13.2 Å². The highest BCUT2D eigenvalue weighted by atomic mass is 19.4. The molecule has 2 aromatic carbocycles. The number of nitrogens with zero attached hydrogens (tertiary/aromatic N) is 4. The highest BCUT2D eigenvalue weighted by Gasteiger charge is 2.32. The Kier molecular flexibility index (Phi) is 4.70. The predicted molar refractivity (Wildman–Crippen MR) is 109 cm³/mol. The van der Waals surface area contributed by atoms with Crippen LogP contribution >= 0.6 is 0 Å². The van der Waals surface area contributed by atoms with E-state index in [0.717, 1.165) is 11.6 Å². The Morgan fingerprint density at radius 2 is 1.91 bits per heavy atom. The summed E-state index contributed by atoms with van der Waals surface area (Å²) in [5.74, 6) is 0.567. The van der Waals surface area contributed by atoms with Crippen molar-refractivity contribution in [2.24, 2.45) is 0 Å². The van der Waals surface area contributed by atoms with Gasteiger partial charge in [-0.15, -0.1) is 0 Å². The molecule has 0 fully saturated rings. The van der Waals surface area contributed by atoms with E-state index in [1.165, 1.54) is 12.1 Å². The highest BCUT2D eigenvalue weighted by molar-refractivity contribution is 5.78. The summed E-state index contributed by atoms with van der Waals surface area (Å²) >= 11 is 0. The molecular formula is C23H15F3N4O2. The number of halogens is 3. The number of benzene rings is 2. The van der Waals surface area contributed by atoms with Crippen molar-refractivity contribution < 1.29 is 22.6 Å². The molecule has 6 nitrogen and oxygen atoms in total. The third-order valence-corrected chi connectivity index (χ3v) is 5.13. The van der Waals surface area contributed by atoms with Crippen LogP contribution < -0.4 is 9.47 Å². The molecule has 0 aliphatic carbocycles. The standard InChI is InChI=1S/C23H15F3N4O2/c24-23(25,26)21-3-1-2-18(28-21)15-5-7-16(8-6-15)31-13-17-12-30-20-9-4-14(11-27)10-19(20)29-22(30)32-17/h1-10,17H,12-13H2/t17-/m0/s1. The summed E-state index contributed by atoms with van der Waals surface area (Å²) in [7, 11) is 0. The van der Waals surface area contributed by atoms with Crippen molar-refractivity contribution in [3.63, 3.8) is 0 Å². The molecule has 5 rings (SSSR count). The molecule has 0 amide bonds. The number of fused-ring (bicyclic) bond motifs is 3. The SMILES string of the molecule is N#Cc1ccc2c(c1)nc1n2C[C@@H](COc2ccc(-c3cccc(C(F)(F)F)n3)cc2)O1. The molecule has 0 spiro atoms. The zero-order chi connectivity index (χ0) is 22.3. The number of rotatable bonds is 4. The second-order valence-corrected chi connectivity index (χ2v) is 7.30. The van der Waals surface area contributed by atoms with E-state index < -0.39 is 11.9 Å². The van der Waals surface area contributed by atoms with Crippen molar-refractivity contribution in [2.45, 2.75) is 18.8 Å². The maximum absolute atomic E-state index is 12.9. The fourth-order valence-corrected chi connectivity index (χ4v) is 3.58. The van der Waals surface area contributed by atoms with Gasteiger partial charge in [-0.1, -0.05) is 6.07 Å². The quantitative estimate of drug-likeness (QED) is 0.458. The van der Waals surface area contributed by atoms with Crippen LogP contribution in [0.5, 0.6) is 11.8 Å². The molecule has 4 aromatic rings. The molecule has 1 aliphatic rings. The number of imidazole rings is 1. The summed E-state index contributed by atoms with van der Waals surface area (Å²) in [6, 6.07) is 18.4. The fourth-order valence-electron chi connectivity index (χ4n) is 3.58. The van der Waals surface area contributed by atoms with Crippen molar-refractivity contribution in [1.29, 1.82) is 5.26 Å². The van der Waals surface area contributed by atoms with E-state index >= 15 is 0 Å². The Labute approximate surface area is 180 Å². The van der Waals surface area contributed by atoms with E-state index in [2.05, 4.69) is 16.0 Å². The first kappa shape index (κ1) is 19.9. The molecule has 1 aliphatic heterocycles. The number of hydrogen-bond donors (Lipinski definition) is 0. The largest absolute Gasteiger partial charge is 0.490 e. The average molecular weight is 436 g/mol. The first-order chi connectivity index (χ1) is 15.4. The molecular weight excluding hydrogens is 421 g/mol. The molecule has 0 radical (unpaired) electrons. The molecule has 0 bridgehead atoms. The Hall–Kier alpha value is -4.06. The zero-order valence-electron chi connectivity index (χ0n) is 16.5. The van der Waals surface area contributed by atoms with E-state index in [0.29, 0.717) is 34.9 Å². The summed E-state index contributed by atoms with van der Waals surface area (Å²) < 4.78 is 52.2. The molecule has 0 N–H and O–H groups in total. The Morgan fingerprint density at radius 3 is 2.66 bits per heavy atom. The summed E-state index contributed by atoms with van der Waals surface area (Å²) in [6.45, 7) is 0.840. The average Bonchev–Trinajstić information content (AvgIpc) is 3.34. The second-order valence-electron chi connectivity index (χ2n) is 7.30. The van der Waals surface area contributed by atoms with Crippen molar-refractivity contribution in [3.8, 4) is 29.1 Å². The van der Waals surface area contributed by atoms with Gasteiger partial charge in [0.05, 0.1) is 34.9 Å². The third-order valence-electron chi connectivity index (χ3n) is 5.13. The minimum absolute atomic E-state index is 0.234. The van der Waals surface area contributed by atoms with Gasteiger partial charge in [0, 0.05) is 5.56 Å². The lowest BCUT2D eigenvalue weighted by molar-refractivity contribution is -0.141. The van der Waals surface area contributed by atoms with Crippen molar-refractivity contribution in [2.75, 3.05) is 6.61 Å². The topological polar surface area (TPSA) is 73.0 Å². The lowest BCUT2D eigenvalue weighted by Gasteiger charge is -2.12. The number of alkyl halides is 3. The smallest absolute Gasteiger partial charge is 0.433 e. The number of nitriles is 1. The normalized spacial score (nSPS) is 15.2. The summed E-state index contributed by atoms with van der Waals surface area (Å²) in [4.78, 5) is 8.12. The molecule has 0 unspecified atom stereocenters. The molecule has 32 heavy (non-hydrogen) atoms. The lowest BCUT2D eigenvalue weighted by atomic mass is 10.1. The number of ether oxygens (including phenoxy) is 2. The minimum atomic E-state index is -4.49. The van der Waals surface area contributed by atoms with Gasteiger partial charge in [-0.3, -0.25) is 4.57 Å². The minimum Gasteiger partial charge on any atom is -0.490 e. The zero-order valence-corrected chi connectivity index (χ0v) is 16.5. The number of pyridine rings is 1. The van der Waals surface area contributed by atoms with Gasteiger partial charge in [0.15, 0.2) is 6.10 Å². The van der Waals surface area contributed by atoms with Crippen LogP contribution in [0.15, 0.2) is 60.7 Å². The Balaban J connectivity index is 1.24. The van der Waals surface area contributed by atoms with Gasteiger partial charge in [-0.2, -0.15) is 23.4 Å². The van der Waals surface area contributed by atoms with Crippen molar-refractivity contribution >= 4 is 11.0 Å². The summed E-state index contributed by atoms with van der Waals surface area (Å²) in [5, 5.41) is 9.01. The van der Waals surface area contributed by atoms with Crippen LogP contribution in [0.2, 0.25) is 0 Å². The first-order valence-electron chi connectivity index (χ1n) is 9.75. The van der Waals surface area contributed by atoms with E-state index in [1.54, 1.807) is 36.4 Å². The first-order valence-corrected chi connectivity index (χ1v) is 9.75. The van der Waals surface area contributed by atoms with Crippen LogP contribution in [0, 0.1) is 11.3 Å². The van der Waals surface area contributed by atoms with Gasteiger partial charge in [-0.25, -0.2) is 4.98 Å². The van der Waals surface area contributed by atoms with Crippen molar-refractivity contribution in [3.05, 3.63) is 71.9 Å². The fraction of sp³-hybridized carbons (Fsp3) is 0.174. The van der Waals surface area contributed by atoms with Gasteiger partial charge in [0.1, 0.15) is 18.1 Å². The molecule has 160 valence electrons. The number of aromatic nitrogens is 3. The maximum Gasteiger partial charge on any atom is 0.433 e. The molecule has 3 heterocycles. The molecule has 1 atom stereocenters. The predicted octanol–water partition coefficient (Wildman–Crippen LogP) is 4.83. The lowest BCUT2D eigenvalue weighted by Crippen LogP contribution is -2.23. The highest BCUT2D eigenvalue weighted by Crippen LogP contribution is 2.31. The molecule has 0 saturated heterocycles. The van der Waals surface area contributed by atoms with E-state index in [4.69, 9.17) is 14.7 Å². The Bertz CT molecular complexity index is 1340. The van der Waals surface area contributed by atoms with Gasteiger partial charge < -0.3 is 9.47 Å². The molecule has 0 saturated carbocycles. The monoisotopic (exact) mass is 436 g/mol. The van der Waals surface area contributed by atoms with Gasteiger partial charge in [0.2, 0.25) is 0 Å². The van der Waals surface area contributed by atoms with Gasteiger partial charge >= 0.3 is 6.18 Å². The van der Waals surface area contributed by atoms with Gasteiger partial charge in [0.25, 0.3) is 6.01 Å². The van der Waals surface area contributed by atoms with Crippen LogP contribution in [-0.4, -0.2) is 27.2 Å². The molecule has 9 heteroatoms. The van der Waals surface area contributed by atoms with Crippen LogP contribution in [0.25, 0.3) is 22.3 Å². The van der Waals surface area contributed by atoms with E-state index in [-0.39, 0.29) is 18.4 Å². The van der Waals surface area contributed by atoms with E-state index in [9.17, 15) is 13.2 Å². The van der Waals surface area contributed by atoms with Crippen LogP contribution in [0.3, 0.4) is 0 Å². The summed E-state index contributed by atoms with van der Waals surface area (Å²) in [5.41, 5.74) is 2.00. The van der Waals surface area contributed by atoms with Crippen LogP contribution in [-0.2, 0) is 12.7 Å². The van der Waals surface area contributed by atoms with Gasteiger partial charge in [-0.05, 0) is 54.6 Å². The van der Waals surface area contributed by atoms with Crippen molar-refractivity contribution in [1.82, 2.24) is 14.5 Å². The van der Waals surface area contributed by atoms with Crippen LogP contribution in [0.1, 0.15) is 11.3 Å². The summed E-state index contributed by atoms with van der Waals surface area (Å²) in [6.07, 6.45) is -4.72. The maximum atomic E-state index is 12.9.